The molecular weight excluding hydrogens is 451 g/mol. The number of Topliss-reactive ketones (excluding diaryl/α,β-unsaturated/α-hetero) is 1. The van der Waals surface area contributed by atoms with Gasteiger partial charge in [0.25, 0.3) is 0 Å². The Labute approximate surface area is 194 Å². The Kier molecular flexibility index (Phi) is 5.14. The van der Waals surface area contributed by atoms with Gasteiger partial charge in [0.2, 0.25) is 5.88 Å². The standard InChI is InChI=1S/C24H20Cl2N2O4/c1-11-21-22(13-3-5-15(25)16(26)7-13)23-17(27-24(21)32-28-11)8-14(9-19(23)30)12-4-6-18(29)20(10-12)31-2/h3-7,10,14,22,27,29H,8-9H2,1-2H3/t14-,22+/m0/s1. The third-order valence-electron chi connectivity index (χ3n) is 6.21. The molecule has 2 aliphatic rings. The summed E-state index contributed by atoms with van der Waals surface area (Å²) in [6.07, 6.45) is 0.942. The number of hydrogen-bond donors (Lipinski definition) is 2. The summed E-state index contributed by atoms with van der Waals surface area (Å²) in [7, 11) is 1.50. The Morgan fingerprint density at radius 2 is 1.91 bits per heavy atom. The van der Waals surface area contributed by atoms with E-state index >= 15 is 0 Å². The van der Waals surface area contributed by atoms with Crippen LogP contribution in [0.3, 0.4) is 0 Å². The minimum absolute atomic E-state index is 0.0399. The van der Waals surface area contributed by atoms with E-state index < -0.39 is 0 Å². The number of aryl methyl sites for hydroxylation is 1. The lowest BCUT2D eigenvalue weighted by Gasteiger charge is -2.34. The van der Waals surface area contributed by atoms with E-state index in [9.17, 15) is 9.90 Å². The number of aromatic hydroxyl groups is 1. The maximum atomic E-state index is 13.5. The van der Waals surface area contributed by atoms with E-state index in [2.05, 4.69) is 10.5 Å². The summed E-state index contributed by atoms with van der Waals surface area (Å²) in [5.74, 6) is 0.615. The fourth-order valence-electron chi connectivity index (χ4n) is 4.68. The van der Waals surface area contributed by atoms with Crippen LogP contribution in [0.5, 0.6) is 11.5 Å². The number of carbonyl (C=O) groups excluding carboxylic acids is 1. The fraction of sp³-hybridized carbons (Fsp3) is 0.250. The summed E-state index contributed by atoms with van der Waals surface area (Å²) in [5.41, 5.74) is 4.83. The Balaban J connectivity index is 1.60. The maximum absolute atomic E-state index is 13.5. The van der Waals surface area contributed by atoms with Gasteiger partial charge in [-0.2, -0.15) is 0 Å². The molecule has 0 bridgehead atoms. The number of fused-ring (bicyclic) bond motifs is 1. The number of rotatable bonds is 3. The Bertz CT molecular complexity index is 1280. The van der Waals surface area contributed by atoms with Crippen LogP contribution in [-0.4, -0.2) is 23.2 Å². The molecule has 0 radical (unpaired) electrons. The van der Waals surface area contributed by atoms with Gasteiger partial charge in [-0.25, -0.2) is 0 Å². The highest BCUT2D eigenvalue weighted by atomic mass is 35.5. The van der Waals surface area contributed by atoms with Crippen LogP contribution < -0.4 is 10.1 Å². The molecule has 5 rings (SSSR count). The number of benzene rings is 2. The molecule has 0 saturated carbocycles. The van der Waals surface area contributed by atoms with E-state index in [1.807, 2.05) is 19.1 Å². The first-order chi connectivity index (χ1) is 15.4. The van der Waals surface area contributed by atoms with Gasteiger partial charge in [-0.15, -0.1) is 0 Å². The van der Waals surface area contributed by atoms with E-state index in [0.717, 1.165) is 22.4 Å². The highest BCUT2D eigenvalue weighted by molar-refractivity contribution is 6.42. The van der Waals surface area contributed by atoms with Gasteiger partial charge < -0.3 is 19.7 Å². The molecule has 0 amide bonds. The average Bonchev–Trinajstić information content (AvgIpc) is 3.14. The van der Waals surface area contributed by atoms with Crippen LogP contribution in [0, 0.1) is 6.92 Å². The number of aromatic nitrogens is 1. The van der Waals surface area contributed by atoms with Crippen LogP contribution in [0.25, 0.3) is 0 Å². The Hall–Kier alpha value is -2.96. The van der Waals surface area contributed by atoms with Gasteiger partial charge in [-0.3, -0.25) is 4.79 Å². The van der Waals surface area contributed by atoms with Gasteiger partial charge in [0.1, 0.15) is 0 Å². The van der Waals surface area contributed by atoms with Crippen molar-refractivity contribution in [3.63, 3.8) is 0 Å². The number of phenols is 1. The molecule has 164 valence electrons. The van der Waals surface area contributed by atoms with Crippen molar-refractivity contribution in [1.82, 2.24) is 5.16 Å². The normalized spacial score (nSPS) is 19.9. The Morgan fingerprint density at radius 1 is 1.12 bits per heavy atom. The molecule has 0 saturated heterocycles. The number of allylic oxidation sites excluding steroid dienone is 2. The van der Waals surface area contributed by atoms with E-state index in [0.29, 0.717) is 45.8 Å². The van der Waals surface area contributed by atoms with E-state index in [4.69, 9.17) is 32.5 Å². The largest absolute Gasteiger partial charge is 0.504 e. The molecule has 32 heavy (non-hydrogen) atoms. The molecule has 2 atom stereocenters. The topological polar surface area (TPSA) is 84.6 Å². The van der Waals surface area contributed by atoms with Crippen LogP contribution in [-0.2, 0) is 4.79 Å². The van der Waals surface area contributed by atoms with Crippen LogP contribution in [0.2, 0.25) is 10.0 Å². The lowest BCUT2D eigenvalue weighted by atomic mass is 9.72. The molecule has 1 aliphatic heterocycles. The van der Waals surface area contributed by atoms with E-state index in [1.54, 1.807) is 24.3 Å². The first kappa shape index (κ1) is 20.9. The molecule has 0 fully saturated rings. The molecular formula is C24H20Cl2N2O4. The lowest BCUT2D eigenvalue weighted by molar-refractivity contribution is -0.116. The number of ether oxygens (including phenoxy) is 1. The SMILES string of the molecule is COc1cc([C@@H]2CC(=O)C3=C(C2)Nc2onc(C)c2[C@H]3c2ccc(Cl)c(Cl)c2)ccc1O. The van der Waals surface area contributed by atoms with E-state index in [1.165, 1.54) is 7.11 Å². The smallest absolute Gasteiger partial charge is 0.233 e. The van der Waals surface area contributed by atoms with Crippen molar-refractivity contribution < 1.29 is 19.2 Å². The van der Waals surface area contributed by atoms with Crippen LogP contribution in [0.15, 0.2) is 52.2 Å². The van der Waals surface area contributed by atoms with Crippen LogP contribution in [0.1, 0.15) is 47.1 Å². The van der Waals surface area contributed by atoms with Gasteiger partial charge in [-0.1, -0.05) is 40.5 Å². The quantitative estimate of drug-likeness (QED) is 0.490. The molecule has 8 heteroatoms. The number of phenolic OH excluding ortho intramolecular Hbond substituents is 1. The zero-order valence-electron chi connectivity index (χ0n) is 17.4. The van der Waals surface area contributed by atoms with Gasteiger partial charge in [-0.05, 0) is 54.7 Å². The average molecular weight is 471 g/mol. The van der Waals surface area contributed by atoms with Gasteiger partial charge in [0, 0.05) is 23.6 Å². The summed E-state index contributed by atoms with van der Waals surface area (Å²) in [5, 5.41) is 18.3. The molecule has 1 aliphatic carbocycles. The van der Waals surface area contributed by atoms with Crippen molar-refractivity contribution >= 4 is 34.9 Å². The minimum atomic E-state index is -0.343. The molecule has 0 spiro atoms. The van der Waals surface area contributed by atoms with Crippen molar-refractivity contribution in [2.45, 2.75) is 31.6 Å². The number of hydrogen-bond acceptors (Lipinski definition) is 6. The zero-order valence-corrected chi connectivity index (χ0v) is 18.9. The third-order valence-corrected chi connectivity index (χ3v) is 6.95. The maximum Gasteiger partial charge on any atom is 0.233 e. The minimum Gasteiger partial charge on any atom is -0.504 e. The lowest BCUT2D eigenvalue weighted by Crippen LogP contribution is -2.29. The summed E-state index contributed by atoms with van der Waals surface area (Å²) < 4.78 is 10.8. The number of anilines is 1. The van der Waals surface area contributed by atoms with Crippen molar-refractivity contribution in [2.24, 2.45) is 0 Å². The highest BCUT2D eigenvalue weighted by Gasteiger charge is 2.41. The third kappa shape index (κ3) is 3.34. The number of nitrogens with zero attached hydrogens (tertiary/aromatic N) is 1. The van der Waals surface area contributed by atoms with Gasteiger partial charge >= 0.3 is 0 Å². The van der Waals surface area contributed by atoms with Crippen molar-refractivity contribution in [3.8, 4) is 11.5 Å². The molecule has 2 aromatic carbocycles. The molecule has 3 aromatic rings. The van der Waals surface area contributed by atoms with Crippen molar-refractivity contribution in [3.05, 3.63) is 80.1 Å². The second-order valence-electron chi connectivity index (χ2n) is 8.09. The molecule has 1 aromatic heterocycles. The molecule has 2 N–H and O–H groups in total. The van der Waals surface area contributed by atoms with Crippen molar-refractivity contribution in [2.75, 3.05) is 12.4 Å². The Morgan fingerprint density at radius 3 is 2.66 bits per heavy atom. The van der Waals surface area contributed by atoms with Gasteiger partial charge in [0.15, 0.2) is 17.3 Å². The summed E-state index contributed by atoms with van der Waals surface area (Å²) in [6, 6.07) is 10.6. The fourth-order valence-corrected chi connectivity index (χ4v) is 4.99. The second kappa shape index (κ2) is 7.87. The number of ketones is 1. The van der Waals surface area contributed by atoms with Crippen LogP contribution in [0.4, 0.5) is 5.88 Å². The highest BCUT2D eigenvalue weighted by Crippen LogP contribution is 2.50. The number of nitrogens with one attached hydrogen (secondary N) is 1. The molecule has 0 unspecified atom stereocenters. The monoisotopic (exact) mass is 470 g/mol. The molecule has 6 nitrogen and oxygen atoms in total. The summed E-state index contributed by atoms with van der Waals surface area (Å²) in [4.78, 5) is 13.5. The predicted molar refractivity (Wildman–Crippen MR) is 122 cm³/mol. The first-order valence-electron chi connectivity index (χ1n) is 10.2. The van der Waals surface area contributed by atoms with Crippen LogP contribution >= 0.6 is 23.2 Å². The first-order valence-corrected chi connectivity index (χ1v) is 10.9. The zero-order chi connectivity index (χ0) is 22.6. The number of methoxy groups -OCH3 is 1. The second-order valence-corrected chi connectivity index (χ2v) is 8.91. The summed E-state index contributed by atoms with van der Waals surface area (Å²) in [6.45, 7) is 1.86. The van der Waals surface area contributed by atoms with E-state index in [-0.39, 0.29) is 23.4 Å². The summed E-state index contributed by atoms with van der Waals surface area (Å²) >= 11 is 12.4. The predicted octanol–water partition coefficient (Wildman–Crippen LogP) is 5.96. The number of carbonyl (C=O) groups is 1. The van der Waals surface area contributed by atoms with Gasteiger partial charge in [0.05, 0.1) is 28.4 Å². The van der Waals surface area contributed by atoms with Crippen molar-refractivity contribution in [1.29, 1.82) is 0 Å². The molecule has 2 heterocycles. The number of halogens is 2.